The van der Waals surface area contributed by atoms with E-state index in [1.165, 1.54) is 37.0 Å². The van der Waals surface area contributed by atoms with Crippen molar-refractivity contribution in [2.75, 3.05) is 6.54 Å². The van der Waals surface area contributed by atoms with Crippen molar-refractivity contribution in [3.8, 4) is 0 Å². The molecule has 0 N–H and O–H groups in total. The summed E-state index contributed by atoms with van der Waals surface area (Å²) in [6.45, 7) is 4.39. The van der Waals surface area contributed by atoms with Gasteiger partial charge in [0.1, 0.15) is 0 Å². The van der Waals surface area contributed by atoms with Crippen LogP contribution in [0.2, 0.25) is 4.47 Å². The minimum absolute atomic E-state index is 0.662. The Balaban J connectivity index is 1.94. The van der Waals surface area contributed by atoms with Crippen molar-refractivity contribution in [2.24, 2.45) is 0 Å². The van der Waals surface area contributed by atoms with Gasteiger partial charge < -0.3 is 0 Å². The number of halogens is 1. The Morgan fingerprint density at radius 1 is 1.44 bits per heavy atom. The van der Waals surface area contributed by atoms with E-state index in [2.05, 4.69) is 16.8 Å². The van der Waals surface area contributed by atoms with Gasteiger partial charge in [-0.05, 0) is 19.4 Å². The van der Waals surface area contributed by atoms with Gasteiger partial charge in [-0.1, -0.05) is 37.8 Å². The first-order valence-corrected chi connectivity index (χ1v) is 7.33. The fourth-order valence-electron chi connectivity index (χ4n) is 2.50. The fourth-order valence-corrected chi connectivity index (χ4v) is 3.51. The largest absolute Gasteiger partial charge is 0.296 e. The van der Waals surface area contributed by atoms with E-state index in [1.807, 2.05) is 6.20 Å². The Hall–Kier alpha value is -0.120. The highest BCUT2D eigenvalue weighted by atomic mass is 35.5. The van der Waals surface area contributed by atoms with Crippen LogP contribution < -0.4 is 0 Å². The molecule has 1 aliphatic carbocycles. The number of nitrogens with zero attached hydrogens (tertiary/aromatic N) is 2. The standard InChI is InChI=1S/C12H19ClN2S/c1-2-15(10-6-4-3-5-7-10)9-11-8-14-12(13)16-11/h8,10H,2-7,9H2,1H3. The Labute approximate surface area is 107 Å². The maximum atomic E-state index is 5.86. The van der Waals surface area contributed by atoms with E-state index in [0.717, 1.165) is 19.1 Å². The summed E-state index contributed by atoms with van der Waals surface area (Å²) in [7, 11) is 0. The molecule has 16 heavy (non-hydrogen) atoms. The quantitative estimate of drug-likeness (QED) is 0.813. The van der Waals surface area contributed by atoms with Crippen LogP contribution in [-0.4, -0.2) is 22.5 Å². The van der Waals surface area contributed by atoms with Gasteiger partial charge in [-0.15, -0.1) is 11.3 Å². The predicted molar refractivity (Wildman–Crippen MR) is 70.1 cm³/mol. The van der Waals surface area contributed by atoms with Gasteiger partial charge in [0.15, 0.2) is 4.47 Å². The summed E-state index contributed by atoms with van der Waals surface area (Å²) in [6.07, 6.45) is 8.84. The summed E-state index contributed by atoms with van der Waals surface area (Å²) in [5.74, 6) is 0. The number of rotatable bonds is 4. The average Bonchev–Trinajstić information content (AvgIpc) is 2.73. The van der Waals surface area contributed by atoms with Crippen LogP contribution in [0, 0.1) is 0 Å². The maximum absolute atomic E-state index is 5.86. The minimum atomic E-state index is 0.662. The molecule has 0 unspecified atom stereocenters. The molecule has 1 aliphatic rings. The van der Waals surface area contributed by atoms with Gasteiger partial charge in [-0.25, -0.2) is 4.98 Å². The lowest BCUT2D eigenvalue weighted by atomic mass is 9.94. The molecule has 1 saturated carbocycles. The van der Waals surface area contributed by atoms with E-state index >= 15 is 0 Å². The van der Waals surface area contributed by atoms with E-state index in [9.17, 15) is 0 Å². The van der Waals surface area contributed by atoms with Crippen molar-refractivity contribution in [1.29, 1.82) is 0 Å². The lowest BCUT2D eigenvalue weighted by Gasteiger charge is -2.33. The normalized spacial score (nSPS) is 18.2. The van der Waals surface area contributed by atoms with Crippen LogP contribution in [0.25, 0.3) is 0 Å². The molecule has 90 valence electrons. The third-order valence-corrected chi connectivity index (χ3v) is 4.48. The van der Waals surface area contributed by atoms with E-state index in [0.29, 0.717) is 4.47 Å². The smallest absolute Gasteiger partial charge is 0.183 e. The third kappa shape index (κ3) is 3.19. The van der Waals surface area contributed by atoms with E-state index in [1.54, 1.807) is 11.3 Å². The van der Waals surface area contributed by atoms with Gasteiger partial charge >= 0.3 is 0 Å². The summed E-state index contributed by atoms with van der Waals surface area (Å²) < 4.78 is 0.662. The zero-order valence-electron chi connectivity index (χ0n) is 9.79. The zero-order chi connectivity index (χ0) is 11.4. The van der Waals surface area contributed by atoms with Gasteiger partial charge in [0.2, 0.25) is 0 Å². The molecule has 0 radical (unpaired) electrons. The molecule has 0 aliphatic heterocycles. The van der Waals surface area contributed by atoms with Gasteiger partial charge in [-0.3, -0.25) is 4.90 Å². The van der Waals surface area contributed by atoms with Crippen molar-refractivity contribution < 1.29 is 0 Å². The first kappa shape index (κ1) is 12.3. The van der Waals surface area contributed by atoms with Gasteiger partial charge in [0.05, 0.1) is 0 Å². The highest BCUT2D eigenvalue weighted by Gasteiger charge is 2.20. The molecule has 1 heterocycles. The molecular formula is C12H19ClN2S. The van der Waals surface area contributed by atoms with Crippen molar-refractivity contribution in [3.63, 3.8) is 0 Å². The van der Waals surface area contributed by atoms with Gasteiger partial charge in [0, 0.05) is 23.7 Å². The van der Waals surface area contributed by atoms with Crippen LogP contribution in [0.15, 0.2) is 6.20 Å². The second-order valence-electron chi connectivity index (χ2n) is 4.43. The Kier molecular flexibility index (Phi) is 4.62. The van der Waals surface area contributed by atoms with Gasteiger partial charge in [0.25, 0.3) is 0 Å². The van der Waals surface area contributed by atoms with E-state index in [4.69, 9.17) is 11.6 Å². The second kappa shape index (κ2) is 5.99. The molecule has 0 bridgehead atoms. The Morgan fingerprint density at radius 2 is 2.19 bits per heavy atom. The lowest BCUT2D eigenvalue weighted by Crippen LogP contribution is -2.35. The molecule has 0 saturated heterocycles. The molecule has 0 aromatic carbocycles. The summed E-state index contributed by atoms with van der Waals surface area (Å²) in [4.78, 5) is 7.97. The van der Waals surface area contributed by atoms with Crippen LogP contribution in [0.5, 0.6) is 0 Å². The van der Waals surface area contributed by atoms with Crippen molar-refractivity contribution >= 4 is 22.9 Å². The predicted octanol–water partition coefficient (Wildman–Crippen LogP) is 3.95. The first-order chi connectivity index (χ1) is 7.79. The first-order valence-electron chi connectivity index (χ1n) is 6.14. The van der Waals surface area contributed by atoms with Crippen LogP contribution in [-0.2, 0) is 6.54 Å². The minimum Gasteiger partial charge on any atom is -0.296 e. The highest BCUT2D eigenvalue weighted by molar-refractivity contribution is 7.15. The number of hydrogen-bond acceptors (Lipinski definition) is 3. The molecule has 0 spiro atoms. The fraction of sp³-hybridized carbons (Fsp3) is 0.750. The third-order valence-electron chi connectivity index (χ3n) is 3.38. The average molecular weight is 259 g/mol. The lowest BCUT2D eigenvalue weighted by molar-refractivity contribution is 0.157. The summed E-state index contributed by atoms with van der Waals surface area (Å²) >= 11 is 7.47. The molecule has 2 rings (SSSR count). The second-order valence-corrected chi connectivity index (χ2v) is 6.13. The monoisotopic (exact) mass is 258 g/mol. The van der Waals surface area contributed by atoms with Crippen LogP contribution in [0.3, 0.4) is 0 Å². The summed E-state index contributed by atoms with van der Waals surface area (Å²) in [5, 5.41) is 0. The Morgan fingerprint density at radius 3 is 2.75 bits per heavy atom. The molecule has 2 nitrogen and oxygen atoms in total. The molecule has 1 aromatic rings. The van der Waals surface area contributed by atoms with E-state index in [-0.39, 0.29) is 0 Å². The van der Waals surface area contributed by atoms with Crippen LogP contribution >= 0.6 is 22.9 Å². The maximum Gasteiger partial charge on any atom is 0.183 e. The van der Waals surface area contributed by atoms with Crippen LogP contribution in [0.4, 0.5) is 0 Å². The van der Waals surface area contributed by atoms with Crippen molar-refractivity contribution in [2.45, 2.75) is 51.6 Å². The van der Waals surface area contributed by atoms with Crippen molar-refractivity contribution in [1.82, 2.24) is 9.88 Å². The van der Waals surface area contributed by atoms with E-state index < -0.39 is 0 Å². The SMILES string of the molecule is CCN(Cc1cnc(Cl)s1)C1CCCCC1. The van der Waals surface area contributed by atoms with Crippen LogP contribution in [0.1, 0.15) is 43.9 Å². The zero-order valence-corrected chi connectivity index (χ0v) is 11.4. The summed E-state index contributed by atoms with van der Waals surface area (Å²) in [5.41, 5.74) is 0. The number of thiazole rings is 1. The number of aromatic nitrogens is 1. The molecule has 0 atom stereocenters. The van der Waals surface area contributed by atoms with Gasteiger partial charge in [-0.2, -0.15) is 0 Å². The Bertz CT molecular complexity index is 321. The molecule has 0 amide bonds. The molecule has 1 aromatic heterocycles. The highest BCUT2D eigenvalue weighted by Crippen LogP contribution is 2.26. The topological polar surface area (TPSA) is 16.1 Å². The van der Waals surface area contributed by atoms with Crippen molar-refractivity contribution in [3.05, 3.63) is 15.5 Å². The molecule has 1 fully saturated rings. The molecule has 4 heteroatoms. The molecular weight excluding hydrogens is 240 g/mol. The number of hydrogen-bond donors (Lipinski definition) is 0. The summed E-state index contributed by atoms with van der Waals surface area (Å²) in [6, 6.07) is 0.777.